The van der Waals surface area contributed by atoms with Crippen molar-refractivity contribution in [2.75, 3.05) is 13.6 Å². The quantitative estimate of drug-likeness (QED) is 0.417. The summed E-state index contributed by atoms with van der Waals surface area (Å²) in [6, 6.07) is 4.04. The summed E-state index contributed by atoms with van der Waals surface area (Å²) < 4.78 is 10.2. The van der Waals surface area contributed by atoms with Crippen LogP contribution in [0.4, 0.5) is 0 Å². The summed E-state index contributed by atoms with van der Waals surface area (Å²) in [6.07, 6.45) is 4.11. The number of benzene rings is 1. The van der Waals surface area contributed by atoms with Crippen molar-refractivity contribution in [3.63, 3.8) is 0 Å². The number of fused-ring (bicyclic) bond motifs is 4. The second-order valence-electron chi connectivity index (χ2n) is 8.91. The fourth-order valence-electron chi connectivity index (χ4n) is 4.75. The maximum absolute atomic E-state index is 6.68. The highest BCUT2D eigenvalue weighted by atomic mass is 35.5. The zero-order valence-electron chi connectivity index (χ0n) is 19.8. The summed E-state index contributed by atoms with van der Waals surface area (Å²) in [4.78, 5) is 2.26. The standard InChI is InChI=1S/C24H28ClN7O/c1-13-11-30(4)12-21-17(14(2)28-31(21)5)7-8-20-18-9-16(10-19(25)23(18)27-26-20)22-15(3)29-32(6)24(22)33-13/h7-10,13H,11-12H2,1-6H3,(H,26,27)/b8-7+/t13-/m0/s1. The van der Waals surface area contributed by atoms with E-state index in [0.717, 1.165) is 69.3 Å². The Morgan fingerprint density at radius 3 is 2.61 bits per heavy atom. The van der Waals surface area contributed by atoms with Crippen LogP contribution in [0.2, 0.25) is 5.02 Å². The fraction of sp³-hybridized carbons (Fsp3) is 0.375. The van der Waals surface area contributed by atoms with E-state index < -0.39 is 0 Å². The number of hydrogen-bond acceptors (Lipinski definition) is 5. The van der Waals surface area contributed by atoms with Gasteiger partial charge in [0.05, 0.1) is 33.4 Å². The molecule has 5 rings (SSSR count). The Morgan fingerprint density at radius 2 is 1.82 bits per heavy atom. The van der Waals surface area contributed by atoms with E-state index in [-0.39, 0.29) is 6.10 Å². The van der Waals surface area contributed by atoms with Crippen molar-refractivity contribution in [1.29, 1.82) is 0 Å². The van der Waals surface area contributed by atoms with Crippen LogP contribution in [0.1, 0.15) is 35.3 Å². The van der Waals surface area contributed by atoms with Crippen LogP contribution in [-0.2, 0) is 20.6 Å². The molecule has 0 aliphatic carbocycles. The number of ether oxygens (including phenoxy) is 1. The van der Waals surface area contributed by atoms with Gasteiger partial charge in [-0.3, -0.25) is 14.7 Å². The van der Waals surface area contributed by atoms with E-state index in [1.807, 2.05) is 38.7 Å². The summed E-state index contributed by atoms with van der Waals surface area (Å²) in [5.41, 5.74) is 7.68. The highest BCUT2D eigenvalue weighted by Crippen LogP contribution is 2.38. The molecule has 1 atom stereocenters. The van der Waals surface area contributed by atoms with Gasteiger partial charge in [-0.25, -0.2) is 4.68 Å². The molecule has 0 saturated heterocycles. The second-order valence-corrected chi connectivity index (χ2v) is 9.32. The number of hydrogen-bond donors (Lipinski definition) is 1. The largest absolute Gasteiger partial charge is 0.473 e. The number of likely N-dealkylation sites (N-methyl/N-ethyl adjacent to an activating group) is 1. The van der Waals surface area contributed by atoms with E-state index in [9.17, 15) is 0 Å². The molecule has 2 bridgehead atoms. The van der Waals surface area contributed by atoms with Crippen LogP contribution in [0, 0.1) is 13.8 Å². The molecule has 0 saturated carbocycles. The van der Waals surface area contributed by atoms with Gasteiger partial charge >= 0.3 is 0 Å². The third-order valence-corrected chi connectivity index (χ3v) is 6.50. The van der Waals surface area contributed by atoms with Crippen molar-refractivity contribution in [3.8, 4) is 17.0 Å². The van der Waals surface area contributed by atoms with E-state index in [0.29, 0.717) is 5.02 Å². The van der Waals surface area contributed by atoms with Gasteiger partial charge in [-0.15, -0.1) is 0 Å². The SMILES string of the molecule is Cc1nn(C)c2c1/C=C/c1[nH]nc3c(Cl)cc(cc13)-c1c(C)nn(C)c1O[C@@H](C)CN(C)C2. The number of aromatic nitrogens is 6. The topological polar surface area (TPSA) is 76.8 Å². The Bertz CT molecular complexity index is 1390. The molecule has 0 amide bonds. The fourth-order valence-corrected chi connectivity index (χ4v) is 5.01. The van der Waals surface area contributed by atoms with E-state index in [1.54, 1.807) is 4.68 Å². The maximum atomic E-state index is 6.68. The Kier molecular flexibility index (Phi) is 5.29. The predicted molar refractivity (Wildman–Crippen MR) is 131 cm³/mol. The van der Waals surface area contributed by atoms with Crippen molar-refractivity contribution in [2.24, 2.45) is 14.1 Å². The lowest BCUT2D eigenvalue weighted by molar-refractivity contribution is 0.147. The van der Waals surface area contributed by atoms with Crippen LogP contribution in [0.5, 0.6) is 5.88 Å². The lowest BCUT2D eigenvalue weighted by atomic mass is 10.0. The molecule has 1 aromatic carbocycles. The summed E-state index contributed by atoms with van der Waals surface area (Å²) in [5, 5.41) is 18.4. The minimum absolute atomic E-state index is 0.0503. The minimum Gasteiger partial charge on any atom is -0.473 e. The Hall–Kier alpha value is -3.10. The maximum Gasteiger partial charge on any atom is 0.220 e. The van der Waals surface area contributed by atoms with Gasteiger partial charge in [0, 0.05) is 38.1 Å². The van der Waals surface area contributed by atoms with E-state index in [2.05, 4.69) is 57.5 Å². The summed E-state index contributed by atoms with van der Waals surface area (Å²) in [5.74, 6) is 0.733. The average Bonchev–Trinajstić information content (AvgIpc) is 3.34. The van der Waals surface area contributed by atoms with Gasteiger partial charge in [0.25, 0.3) is 0 Å². The zero-order valence-corrected chi connectivity index (χ0v) is 20.5. The molecular weight excluding hydrogens is 438 g/mol. The molecule has 1 aliphatic rings. The molecule has 1 aliphatic heterocycles. The van der Waals surface area contributed by atoms with Gasteiger partial charge < -0.3 is 4.74 Å². The van der Waals surface area contributed by atoms with Crippen LogP contribution < -0.4 is 4.74 Å². The van der Waals surface area contributed by atoms with Gasteiger partial charge in [0.15, 0.2) is 0 Å². The first-order valence-corrected chi connectivity index (χ1v) is 11.4. The molecule has 4 aromatic rings. The molecule has 8 nitrogen and oxygen atoms in total. The molecule has 33 heavy (non-hydrogen) atoms. The molecule has 0 spiro atoms. The number of H-pyrrole nitrogens is 1. The number of rotatable bonds is 0. The summed E-state index contributed by atoms with van der Waals surface area (Å²) in [6.45, 7) is 7.61. The lowest BCUT2D eigenvalue weighted by Gasteiger charge is -2.23. The first-order chi connectivity index (χ1) is 15.7. The predicted octanol–water partition coefficient (Wildman–Crippen LogP) is 4.35. The third kappa shape index (κ3) is 3.73. The summed E-state index contributed by atoms with van der Waals surface area (Å²) in [7, 11) is 6.00. The smallest absolute Gasteiger partial charge is 0.220 e. The molecule has 4 heterocycles. The molecule has 9 heteroatoms. The first kappa shape index (κ1) is 21.7. The van der Waals surface area contributed by atoms with E-state index in [1.165, 1.54) is 0 Å². The van der Waals surface area contributed by atoms with Crippen molar-refractivity contribution in [3.05, 3.63) is 45.5 Å². The van der Waals surface area contributed by atoms with Crippen molar-refractivity contribution in [2.45, 2.75) is 33.4 Å². The van der Waals surface area contributed by atoms with Crippen molar-refractivity contribution >= 4 is 34.7 Å². The zero-order chi connectivity index (χ0) is 23.4. The van der Waals surface area contributed by atoms with E-state index >= 15 is 0 Å². The van der Waals surface area contributed by atoms with Crippen LogP contribution in [-0.4, -0.2) is 54.4 Å². The van der Waals surface area contributed by atoms with Crippen LogP contribution >= 0.6 is 11.6 Å². The Labute approximate surface area is 197 Å². The number of halogens is 1. The third-order valence-electron chi connectivity index (χ3n) is 6.21. The van der Waals surface area contributed by atoms with Gasteiger partial charge in [0.2, 0.25) is 5.88 Å². The molecule has 1 N–H and O–H groups in total. The van der Waals surface area contributed by atoms with Gasteiger partial charge in [-0.2, -0.15) is 15.3 Å². The molecule has 3 aromatic heterocycles. The van der Waals surface area contributed by atoms with Crippen molar-refractivity contribution in [1.82, 2.24) is 34.7 Å². The van der Waals surface area contributed by atoms with E-state index in [4.69, 9.17) is 16.3 Å². The first-order valence-electron chi connectivity index (χ1n) is 11.0. The van der Waals surface area contributed by atoms with Crippen LogP contribution in [0.15, 0.2) is 12.1 Å². The second kappa shape index (κ2) is 8.04. The monoisotopic (exact) mass is 465 g/mol. The van der Waals surface area contributed by atoms with Gasteiger partial charge in [-0.1, -0.05) is 11.6 Å². The highest BCUT2D eigenvalue weighted by molar-refractivity contribution is 6.35. The molecule has 0 unspecified atom stereocenters. The van der Waals surface area contributed by atoms with Crippen LogP contribution in [0.3, 0.4) is 0 Å². The minimum atomic E-state index is -0.0503. The Morgan fingerprint density at radius 1 is 1.06 bits per heavy atom. The van der Waals surface area contributed by atoms with Gasteiger partial charge in [0.1, 0.15) is 11.6 Å². The number of aromatic amines is 1. The molecule has 0 radical (unpaired) electrons. The van der Waals surface area contributed by atoms with Crippen molar-refractivity contribution < 1.29 is 4.74 Å². The average molecular weight is 466 g/mol. The summed E-state index contributed by atoms with van der Waals surface area (Å²) >= 11 is 6.68. The molecule has 0 fully saturated rings. The highest BCUT2D eigenvalue weighted by Gasteiger charge is 2.23. The number of nitrogens with one attached hydrogen (secondary N) is 1. The Balaban J connectivity index is 1.75. The number of aryl methyl sites for hydroxylation is 4. The number of nitrogens with zero attached hydrogens (tertiary/aromatic N) is 6. The lowest BCUT2D eigenvalue weighted by Crippen LogP contribution is -2.32. The molecular formula is C24H28ClN7O. The molecule has 172 valence electrons. The normalized spacial score (nSPS) is 18.0. The van der Waals surface area contributed by atoms with Gasteiger partial charge in [-0.05, 0) is 57.7 Å². The van der Waals surface area contributed by atoms with Crippen LogP contribution in [0.25, 0.3) is 34.2 Å².